The van der Waals surface area contributed by atoms with Crippen LogP contribution in [0.4, 0.5) is 0 Å². The topological polar surface area (TPSA) is 30.2 Å². The molecule has 2 aromatic heterocycles. The van der Waals surface area contributed by atoms with Crippen molar-refractivity contribution in [2.75, 3.05) is 0 Å². The first-order chi connectivity index (χ1) is 17.8. The first-order valence-corrected chi connectivity index (χ1v) is 15.2. The van der Waals surface area contributed by atoms with Gasteiger partial charge in [0.25, 0.3) is 0 Å². The van der Waals surface area contributed by atoms with Gasteiger partial charge in [-0.15, -0.1) is 0 Å². The van der Waals surface area contributed by atoms with E-state index in [-0.39, 0.29) is 16.2 Å². The van der Waals surface area contributed by atoms with Crippen molar-refractivity contribution >= 4 is 27.6 Å². The molecule has 1 aliphatic rings. The van der Waals surface area contributed by atoms with Gasteiger partial charge in [-0.1, -0.05) is 116 Å². The van der Waals surface area contributed by atoms with Gasteiger partial charge in [0.05, 0.1) is 16.6 Å². The lowest BCUT2D eigenvalue weighted by Gasteiger charge is -2.23. The maximum absolute atomic E-state index is 5.31. The number of nitrogens with zero attached hydrogens (tertiary/aromatic N) is 3. The number of hydrogen-bond donors (Lipinski definition) is 0. The summed E-state index contributed by atoms with van der Waals surface area (Å²) in [6.45, 7) is 32.9. The van der Waals surface area contributed by atoms with Gasteiger partial charge in [0.1, 0.15) is 11.5 Å². The molecule has 4 aromatic rings. The molecule has 5 rings (SSSR count). The van der Waals surface area contributed by atoms with Crippen LogP contribution in [0.2, 0.25) is 0 Å². The van der Waals surface area contributed by atoms with E-state index in [0.29, 0.717) is 5.92 Å². The molecule has 1 aliphatic carbocycles. The van der Waals surface area contributed by atoms with Crippen molar-refractivity contribution in [3.8, 4) is 0 Å². The van der Waals surface area contributed by atoms with Crippen LogP contribution in [0.5, 0.6) is 0 Å². The summed E-state index contributed by atoms with van der Waals surface area (Å²) in [6, 6.07) is 11.4. The van der Waals surface area contributed by atoms with Crippen molar-refractivity contribution in [1.29, 1.82) is 0 Å². The van der Waals surface area contributed by atoms with Crippen LogP contribution >= 0.6 is 0 Å². The number of fused-ring (bicyclic) bond motifs is 6. The van der Waals surface area contributed by atoms with Gasteiger partial charge in [-0.3, -0.25) is 4.40 Å². The molecule has 3 nitrogen and oxygen atoms in total. The van der Waals surface area contributed by atoms with E-state index in [1.165, 1.54) is 27.6 Å². The van der Waals surface area contributed by atoms with Gasteiger partial charge >= 0.3 is 0 Å². The van der Waals surface area contributed by atoms with Crippen LogP contribution in [0.1, 0.15) is 145 Å². The molecule has 3 heteroatoms. The average molecular weight is 518 g/mol. The summed E-state index contributed by atoms with van der Waals surface area (Å²) >= 11 is 0. The molecule has 2 heterocycles. The average Bonchev–Trinajstić information content (AvgIpc) is 3.35. The second-order valence-corrected chi connectivity index (χ2v) is 12.3. The Bertz CT molecular complexity index is 1380. The third-order valence-electron chi connectivity index (χ3n) is 7.69. The Hall–Kier alpha value is -2.42. The molecule has 0 saturated heterocycles. The van der Waals surface area contributed by atoms with Crippen LogP contribution < -0.4 is 0 Å². The molecule has 0 radical (unpaired) electrons. The number of aromatic nitrogens is 3. The van der Waals surface area contributed by atoms with Gasteiger partial charge in [-0.05, 0) is 64.5 Å². The van der Waals surface area contributed by atoms with Crippen molar-refractivity contribution in [2.45, 2.75) is 139 Å². The second-order valence-electron chi connectivity index (χ2n) is 12.3. The smallest absolute Gasteiger partial charge is 0.149 e. The minimum Gasteiger partial charge on any atom is -0.279 e. The summed E-state index contributed by atoms with van der Waals surface area (Å²) in [7, 11) is 0. The van der Waals surface area contributed by atoms with E-state index in [2.05, 4.69) is 97.0 Å². The van der Waals surface area contributed by atoms with Gasteiger partial charge in [-0.2, -0.15) is 0 Å². The molecule has 1 atom stereocenters. The Balaban J connectivity index is 0.000000791. The third-order valence-corrected chi connectivity index (χ3v) is 7.69. The number of hydrogen-bond acceptors (Lipinski definition) is 2. The lowest BCUT2D eigenvalue weighted by Crippen LogP contribution is -2.19. The highest BCUT2D eigenvalue weighted by atomic mass is 15.1. The van der Waals surface area contributed by atoms with E-state index in [1.807, 2.05) is 41.5 Å². The minimum atomic E-state index is -0.0970. The van der Waals surface area contributed by atoms with Gasteiger partial charge in [0.2, 0.25) is 0 Å². The van der Waals surface area contributed by atoms with E-state index in [0.717, 1.165) is 35.3 Å². The third kappa shape index (κ3) is 5.36. The van der Waals surface area contributed by atoms with Crippen LogP contribution in [0, 0.1) is 0 Å². The molecule has 0 aliphatic heterocycles. The van der Waals surface area contributed by atoms with Crippen molar-refractivity contribution < 1.29 is 0 Å². The predicted octanol–water partition coefficient (Wildman–Crippen LogP) is 10.9. The number of imidazole rings is 1. The van der Waals surface area contributed by atoms with Crippen LogP contribution in [0.25, 0.3) is 27.6 Å². The molecule has 0 bridgehead atoms. The minimum absolute atomic E-state index is 0.0970. The number of rotatable bonds is 2. The molecule has 2 aromatic carbocycles. The van der Waals surface area contributed by atoms with Crippen molar-refractivity contribution in [2.24, 2.45) is 0 Å². The molecule has 0 amide bonds. The van der Waals surface area contributed by atoms with Crippen LogP contribution in [0.15, 0.2) is 30.3 Å². The second kappa shape index (κ2) is 11.8. The van der Waals surface area contributed by atoms with Gasteiger partial charge < -0.3 is 0 Å². The quantitative estimate of drug-likeness (QED) is 0.265. The molecular formula is C35H55N3. The Morgan fingerprint density at radius 1 is 0.842 bits per heavy atom. The van der Waals surface area contributed by atoms with E-state index in [9.17, 15) is 0 Å². The van der Waals surface area contributed by atoms with Crippen molar-refractivity contribution in [1.82, 2.24) is 14.4 Å². The summed E-state index contributed by atoms with van der Waals surface area (Å²) < 4.78 is 2.37. The molecule has 0 spiro atoms. The van der Waals surface area contributed by atoms with Gasteiger partial charge in [0, 0.05) is 10.8 Å². The maximum atomic E-state index is 5.31. The Kier molecular flexibility index (Phi) is 9.84. The molecule has 1 unspecified atom stereocenters. The first-order valence-electron chi connectivity index (χ1n) is 15.2. The Morgan fingerprint density at radius 2 is 1.39 bits per heavy atom. The monoisotopic (exact) mass is 517 g/mol. The highest BCUT2D eigenvalue weighted by molar-refractivity contribution is 5.99. The zero-order valence-electron chi connectivity index (χ0n) is 27.2. The highest BCUT2D eigenvalue weighted by Crippen LogP contribution is 2.50. The fraction of sp³-hybridized carbons (Fsp3) is 0.600. The lowest BCUT2D eigenvalue weighted by molar-refractivity contribution is 0.403. The fourth-order valence-electron chi connectivity index (χ4n) is 6.11. The summed E-state index contributed by atoms with van der Waals surface area (Å²) in [5.74, 6) is 1.55. The first kappa shape index (κ1) is 31.8. The zero-order chi connectivity index (χ0) is 29.2. The standard InChI is InChI=1S/C29H37N3.3C2H6/c1-10-17(2)18-12-11-13-21-24(18)25-30-22-14-19-20(29(8,9)16-28(19,6)7)15-23(22)32(25)26(31-21)27(3,4)5;3*1-2/h11-15,17H,10,16H2,1-9H3;3*1-2H3. The Morgan fingerprint density at radius 3 is 1.92 bits per heavy atom. The van der Waals surface area contributed by atoms with E-state index in [1.54, 1.807) is 0 Å². The summed E-state index contributed by atoms with van der Waals surface area (Å²) in [6.07, 6.45) is 2.26. The van der Waals surface area contributed by atoms with Gasteiger partial charge in [0.15, 0.2) is 0 Å². The fourth-order valence-corrected chi connectivity index (χ4v) is 6.11. The normalized spacial score (nSPS) is 16.1. The predicted molar refractivity (Wildman–Crippen MR) is 170 cm³/mol. The van der Waals surface area contributed by atoms with E-state index >= 15 is 0 Å². The van der Waals surface area contributed by atoms with Crippen molar-refractivity contribution in [3.05, 3.63) is 52.8 Å². The maximum Gasteiger partial charge on any atom is 0.149 e. The summed E-state index contributed by atoms with van der Waals surface area (Å²) in [4.78, 5) is 10.6. The molecular weight excluding hydrogens is 462 g/mol. The Labute approximate surface area is 233 Å². The van der Waals surface area contributed by atoms with E-state index < -0.39 is 0 Å². The summed E-state index contributed by atoms with van der Waals surface area (Å²) in [5.41, 5.74) is 8.90. The summed E-state index contributed by atoms with van der Waals surface area (Å²) in [5, 5.41) is 1.21. The molecule has 210 valence electrons. The highest BCUT2D eigenvalue weighted by Gasteiger charge is 2.42. The zero-order valence-corrected chi connectivity index (χ0v) is 27.2. The largest absolute Gasteiger partial charge is 0.279 e. The van der Waals surface area contributed by atoms with Gasteiger partial charge in [-0.25, -0.2) is 9.97 Å². The lowest BCUT2D eigenvalue weighted by atomic mass is 9.82. The van der Waals surface area contributed by atoms with Crippen LogP contribution in [-0.2, 0) is 16.2 Å². The van der Waals surface area contributed by atoms with Crippen LogP contribution in [0.3, 0.4) is 0 Å². The molecule has 0 saturated carbocycles. The van der Waals surface area contributed by atoms with Crippen LogP contribution in [-0.4, -0.2) is 14.4 Å². The van der Waals surface area contributed by atoms with Crippen molar-refractivity contribution in [3.63, 3.8) is 0 Å². The van der Waals surface area contributed by atoms with E-state index in [4.69, 9.17) is 9.97 Å². The molecule has 0 N–H and O–H groups in total. The number of benzene rings is 2. The molecule has 0 fully saturated rings. The molecule has 38 heavy (non-hydrogen) atoms. The SMILES string of the molecule is CC.CC.CC.CCC(C)c1cccc2nc(C(C)(C)C)n3c4cc5c(cc4nc3c12)C(C)(C)CC5(C)C.